The second-order valence-electron chi connectivity index (χ2n) is 5.79. The maximum Gasteiger partial charge on any atom is 0.251 e. The predicted octanol–water partition coefficient (Wildman–Crippen LogP) is 4.52. The third-order valence-corrected chi connectivity index (χ3v) is 4.59. The summed E-state index contributed by atoms with van der Waals surface area (Å²) in [5, 5.41) is 5.40. The van der Waals surface area contributed by atoms with Gasteiger partial charge in [0.05, 0.1) is 0 Å². The molecule has 0 aromatic heterocycles. The number of hydrogen-bond acceptors (Lipinski definition) is 1. The molecule has 1 fully saturated rings. The fraction of sp³-hybridized carbons (Fsp3) is 0.353. The maximum absolute atomic E-state index is 12.3. The molecule has 0 radical (unpaired) electrons. The monoisotopic (exact) mass is 331 g/mol. The van der Waals surface area contributed by atoms with E-state index in [1.54, 1.807) is 0 Å². The Kier molecular flexibility index (Phi) is 3.79. The van der Waals surface area contributed by atoms with Gasteiger partial charge in [-0.2, -0.15) is 0 Å². The first kappa shape index (κ1) is 13.6. The minimum Gasteiger partial charge on any atom is -0.349 e. The third-order valence-electron chi connectivity index (χ3n) is 4.09. The number of amides is 1. The van der Waals surface area contributed by atoms with Gasteiger partial charge in [0.2, 0.25) is 0 Å². The van der Waals surface area contributed by atoms with Gasteiger partial charge in [-0.1, -0.05) is 35.0 Å². The Morgan fingerprint density at radius 1 is 1.15 bits per heavy atom. The Balaban J connectivity index is 1.79. The zero-order valence-electron chi connectivity index (χ0n) is 11.5. The van der Waals surface area contributed by atoms with Gasteiger partial charge in [-0.25, -0.2) is 0 Å². The topological polar surface area (TPSA) is 29.1 Å². The molecule has 0 saturated heterocycles. The van der Waals surface area contributed by atoms with E-state index in [0.29, 0.717) is 6.04 Å². The molecule has 2 aromatic rings. The fourth-order valence-corrected chi connectivity index (χ4v) is 3.34. The molecular formula is C17H18BrNO. The minimum absolute atomic E-state index is 0.0499. The van der Waals surface area contributed by atoms with Crippen LogP contribution < -0.4 is 5.32 Å². The van der Waals surface area contributed by atoms with Gasteiger partial charge in [0.1, 0.15) is 0 Å². The summed E-state index contributed by atoms with van der Waals surface area (Å²) in [4.78, 5) is 12.3. The van der Waals surface area contributed by atoms with E-state index in [1.165, 1.54) is 6.42 Å². The molecule has 1 aliphatic carbocycles. The standard InChI is InChI=1S/C17H18BrNO/c1-11-2-7-16(8-11)19-17(20)14-4-3-13-10-15(18)6-5-12(13)9-14/h3-6,9-11,16H,2,7-8H2,1H3,(H,19,20). The van der Waals surface area contributed by atoms with Crippen molar-refractivity contribution in [3.63, 3.8) is 0 Å². The number of hydrogen-bond donors (Lipinski definition) is 1. The molecule has 2 nitrogen and oxygen atoms in total. The van der Waals surface area contributed by atoms with Crippen molar-refractivity contribution < 1.29 is 4.79 Å². The molecule has 2 unspecified atom stereocenters. The number of fused-ring (bicyclic) bond motifs is 1. The maximum atomic E-state index is 12.3. The summed E-state index contributed by atoms with van der Waals surface area (Å²) >= 11 is 3.46. The lowest BCUT2D eigenvalue weighted by molar-refractivity contribution is 0.0937. The molecule has 2 aromatic carbocycles. The summed E-state index contributed by atoms with van der Waals surface area (Å²) in [6.07, 6.45) is 3.43. The van der Waals surface area contributed by atoms with E-state index in [-0.39, 0.29) is 5.91 Å². The largest absolute Gasteiger partial charge is 0.349 e. The van der Waals surface area contributed by atoms with E-state index in [0.717, 1.165) is 39.6 Å². The Labute approximate surface area is 127 Å². The van der Waals surface area contributed by atoms with Crippen molar-refractivity contribution in [2.45, 2.75) is 32.2 Å². The summed E-state index contributed by atoms with van der Waals surface area (Å²) in [5.74, 6) is 0.781. The molecular weight excluding hydrogens is 314 g/mol. The molecule has 1 saturated carbocycles. The van der Waals surface area contributed by atoms with Crippen molar-refractivity contribution in [3.05, 3.63) is 46.4 Å². The van der Waals surface area contributed by atoms with Crippen LogP contribution in [-0.2, 0) is 0 Å². The van der Waals surface area contributed by atoms with Crippen LogP contribution in [0.15, 0.2) is 40.9 Å². The Morgan fingerprint density at radius 2 is 1.90 bits per heavy atom. The van der Waals surface area contributed by atoms with Gasteiger partial charge in [-0.3, -0.25) is 4.79 Å². The predicted molar refractivity (Wildman–Crippen MR) is 85.9 cm³/mol. The summed E-state index contributed by atoms with van der Waals surface area (Å²) in [6, 6.07) is 12.3. The Hall–Kier alpha value is -1.35. The molecule has 1 aliphatic rings. The van der Waals surface area contributed by atoms with E-state index in [9.17, 15) is 4.79 Å². The lowest BCUT2D eigenvalue weighted by Gasteiger charge is -2.12. The van der Waals surface area contributed by atoms with Crippen LogP contribution in [-0.4, -0.2) is 11.9 Å². The number of carbonyl (C=O) groups is 1. The molecule has 20 heavy (non-hydrogen) atoms. The SMILES string of the molecule is CC1CCC(NC(=O)c2ccc3cc(Br)ccc3c2)C1. The van der Waals surface area contributed by atoms with Gasteiger partial charge in [0.25, 0.3) is 5.91 Å². The molecule has 104 valence electrons. The first-order valence-electron chi connectivity index (χ1n) is 7.12. The van der Waals surface area contributed by atoms with E-state index < -0.39 is 0 Å². The van der Waals surface area contributed by atoms with Gasteiger partial charge in [0, 0.05) is 16.1 Å². The van der Waals surface area contributed by atoms with Gasteiger partial charge >= 0.3 is 0 Å². The third kappa shape index (κ3) is 2.88. The molecule has 0 spiro atoms. The van der Waals surface area contributed by atoms with Gasteiger partial charge in [-0.15, -0.1) is 0 Å². The molecule has 0 heterocycles. The van der Waals surface area contributed by atoms with Crippen molar-refractivity contribution in [1.29, 1.82) is 0 Å². The van der Waals surface area contributed by atoms with Crippen molar-refractivity contribution in [1.82, 2.24) is 5.32 Å². The highest BCUT2D eigenvalue weighted by atomic mass is 79.9. The Morgan fingerprint density at radius 3 is 2.65 bits per heavy atom. The highest BCUT2D eigenvalue weighted by Gasteiger charge is 2.23. The lowest BCUT2D eigenvalue weighted by Crippen LogP contribution is -2.32. The molecule has 3 rings (SSSR count). The van der Waals surface area contributed by atoms with Crippen LogP contribution in [0.4, 0.5) is 0 Å². The van der Waals surface area contributed by atoms with Crippen LogP contribution in [0, 0.1) is 5.92 Å². The van der Waals surface area contributed by atoms with Crippen LogP contribution >= 0.6 is 15.9 Å². The smallest absolute Gasteiger partial charge is 0.251 e. The number of rotatable bonds is 2. The highest BCUT2D eigenvalue weighted by molar-refractivity contribution is 9.10. The second kappa shape index (κ2) is 5.57. The summed E-state index contributed by atoms with van der Waals surface area (Å²) in [7, 11) is 0. The van der Waals surface area contributed by atoms with E-state index in [4.69, 9.17) is 0 Å². The first-order chi connectivity index (χ1) is 9.61. The van der Waals surface area contributed by atoms with Crippen molar-refractivity contribution >= 4 is 32.6 Å². The number of halogens is 1. The van der Waals surface area contributed by atoms with Crippen LogP contribution in [0.3, 0.4) is 0 Å². The average Bonchev–Trinajstić information content (AvgIpc) is 2.83. The average molecular weight is 332 g/mol. The number of nitrogens with one attached hydrogen (secondary N) is 1. The first-order valence-corrected chi connectivity index (χ1v) is 7.91. The van der Waals surface area contributed by atoms with Crippen molar-refractivity contribution in [3.8, 4) is 0 Å². The minimum atomic E-state index is 0.0499. The van der Waals surface area contributed by atoms with Crippen molar-refractivity contribution in [2.24, 2.45) is 5.92 Å². The molecule has 0 bridgehead atoms. The number of benzene rings is 2. The molecule has 0 aliphatic heterocycles. The summed E-state index contributed by atoms with van der Waals surface area (Å²) < 4.78 is 1.06. The van der Waals surface area contributed by atoms with Crippen LogP contribution in [0.1, 0.15) is 36.5 Å². The van der Waals surface area contributed by atoms with Crippen LogP contribution in [0.25, 0.3) is 10.8 Å². The molecule has 1 N–H and O–H groups in total. The zero-order valence-corrected chi connectivity index (χ0v) is 13.1. The molecule has 2 atom stereocenters. The fourth-order valence-electron chi connectivity index (χ4n) is 2.96. The number of carbonyl (C=O) groups excluding carboxylic acids is 1. The van der Waals surface area contributed by atoms with Gasteiger partial charge in [0.15, 0.2) is 0 Å². The molecule has 1 amide bonds. The van der Waals surface area contributed by atoms with Crippen molar-refractivity contribution in [2.75, 3.05) is 0 Å². The van der Waals surface area contributed by atoms with Crippen LogP contribution in [0.5, 0.6) is 0 Å². The molecule has 3 heteroatoms. The Bertz CT molecular complexity index is 652. The second-order valence-corrected chi connectivity index (χ2v) is 6.71. The summed E-state index contributed by atoms with van der Waals surface area (Å²) in [5.41, 5.74) is 0.749. The normalized spacial score (nSPS) is 22.1. The van der Waals surface area contributed by atoms with Crippen LogP contribution in [0.2, 0.25) is 0 Å². The lowest BCUT2D eigenvalue weighted by atomic mass is 10.1. The zero-order chi connectivity index (χ0) is 14.1. The summed E-state index contributed by atoms with van der Waals surface area (Å²) in [6.45, 7) is 2.25. The highest BCUT2D eigenvalue weighted by Crippen LogP contribution is 2.25. The van der Waals surface area contributed by atoms with E-state index >= 15 is 0 Å². The van der Waals surface area contributed by atoms with E-state index in [2.05, 4.69) is 34.2 Å². The van der Waals surface area contributed by atoms with Gasteiger partial charge in [-0.05, 0) is 60.2 Å². The van der Waals surface area contributed by atoms with Gasteiger partial charge < -0.3 is 5.32 Å². The quantitative estimate of drug-likeness (QED) is 0.861. The van der Waals surface area contributed by atoms with E-state index in [1.807, 2.05) is 30.3 Å².